The third kappa shape index (κ3) is 4.56. The maximum Gasteiger partial charge on any atom is 0.238 e. The van der Waals surface area contributed by atoms with Gasteiger partial charge in [-0.05, 0) is 50.5 Å². The first-order valence-corrected chi connectivity index (χ1v) is 10.3. The highest BCUT2D eigenvalue weighted by molar-refractivity contribution is 7.89. The number of primary sulfonamides is 1. The molecule has 1 aliphatic rings. The molecule has 1 saturated carbocycles. The van der Waals surface area contributed by atoms with Gasteiger partial charge < -0.3 is 15.2 Å². The van der Waals surface area contributed by atoms with Crippen LogP contribution in [0.3, 0.4) is 0 Å². The predicted molar refractivity (Wildman–Crippen MR) is 101 cm³/mol. The number of aromatic nitrogens is 2. The molecule has 0 saturated heterocycles. The van der Waals surface area contributed by atoms with Gasteiger partial charge in [-0.3, -0.25) is 0 Å². The molecule has 1 heterocycles. The van der Waals surface area contributed by atoms with Gasteiger partial charge >= 0.3 is 0 Å². The molecule has 0 radical (unpaired) electrons. The molecule has 0 spiro atoms. The molecule has 3 rings (SSSR count). The molecule has 1 aliphatic carbocycles. The molecule has 10 heteroatoms. The molecular formula is C18H21N5O4S. The molecule has 2 atom stereocenters. The average Bonchev–Trinajstić information content (AvgIpc) is 2.63. The van der Waals surface area contributed by atoms with Gasteiger partial charge in [-0.15, -0.1) is 0 Å². The molecule has 0 aliphatic heterocycles. The third-order valence-corrected chi connectivity index (χ3v) is 5.59. The van der Waals surface area contributed by atoms with Crippen LogP contribution in [0.5, 0.6) is 5.88 Å². The lowest BCUT2D eigenvalue weighted by Gasteiger charge is -2.36. The number of anilines is 2. The molecule has 2 unspecified atom stereocenters. The van der Waals surface area contributed by atoms with E-state index in [0.29, 0.717) is 18.5 Å². The van der Waals surface area contributed by atoms with E-state index in [0.717, 1.165) is 12.8 Å². The summed E-state index contributed by atoms with van der Waals surface area (Å²) in [5.41, 5.74) is -0.295. The van der Waals surface area contributed by atoms with Gasteiger partial charge in [0.1, 0.15) is 17.7 Å². The molecule has 0 amide bonds. The van der Waals surface area contributed by atoms with Crippen molar-refractivity contribution < 1.29 is 18.3 Å². The zero-order chi connectivity index (χ0) is 20.4. The highest BCUT2D eigenvalue weighted by Gasteiger charge is 2.37. The summed E-state index contributed by atoms with van der Waals surface area (Å²) in [6.45, 7) is 1.72. The van der Waals surface area contributed by atoms with Crippen molar-refractivity contribution in [1.82, 2.24) is 9.97 Å². The van der Waals surface area contributed by atoms with E-state index in [2.05, 4.69) is 15.3 Å². The maximum absolute atomic E-state index is 11.3. The van der Waals surface area contributed by atoms with E-state index in [9.17, 15) is 18.8 Å². The van der Waals surface area contributed by atoms with Crippen LogP contribution in [0.25, 0.3) is 0 Å². The number of nitrogens with two attached hydrogens (primary N) is 1. The molecule has 148 valence electrons. The van der Waals surface area contributed by atoms with Gasteiger partial charge in [0.05, 0.1) is 16.7 Å². The fourth-order valence-corrected chi connectivity index (χ4v) is 3.57. The molecule has 2 aromatic rings. The second-order valence-electron chi connectivity index (χ2n) is 6.93. The lowest BCUT2D eigenvalue weighted by Crippen LogP contribution is -2.45. The minimum Gasteiger partial charge on any atom is -0.470 e. The molecule has 4 N–H and O–H groups in total. The van der Waals surface area contributed by atoms with Crippen molar-refractivity contribution in [3.8, 4) is 11.9 Å². The number of ether oxygens (including phenoxy) is 1. The Hall–Kier alpha value is -2.74. The molecular weight excluding hydrogens is 382 g/mol. The molecule has 1 aromatic heterocycles. The first kappa shape index (κ1) is 20.0. The molecule has 1 aromatic carbocycles. The monoisotopic (exact) mass is 403 g/mol. The predicted octanol–water partition coefficient (Wildman–Crippen LogP) is 1.81. The van der Waals surface area contributed by atoms with E-state index >= 15 is 0 Å². The van der Waals surface area contributed by atoms with Crippen LogP contribution in [0, 0.1) is 11.3 Å². The highest BCUT2D eigenvalue weighted by atomic mass is 32.2. The largest absolute Gasteiger partial charge is 0.470 e. The number of nitriles is 1. The van der Waals surface area contributed by atoms with Crippen LogP contribution in [0.1, 0.15) is 38.2 Å². The number of nitrogens with one attached hydrogen (secondary N) is 1. The first-order valence-electron chi connectivity index (χ1n) is 8.75. The Kier molecular flexibility index (Phi) is 5.51. The topological polar surface area (TPSA) is 151 Å². The zero-order valence-electron chi connectivity index (χ0n) is 15.3. The summed E-state index contributed by atoms with van der Waals surface area (Å²) in [6, 6.07) is 7.75. The number of nitrogens with zero attached hydrogens (tertiary/aromatic N) is 3. The summed E-state index contributed by atoms with van der Waals surface area (Å²) in [5, 5.41) is 27.8. The second kappa shape index (κ2) is 7.71. The van der Waals surface area contributed by atoms with Crippen LogP contribution in [-0.2, 0) is 10.0 Å². The van der Waals surface area contributed by atoms with Crippen LogP contribution in [0.4, 0.5) is 11.6 Å². The normalized spacial score (nSPS) is 22.3. The van der Waals surface area contributed by atoms with Crippen molar-refractivity contribution in [2.75, 3.05) is 5.32 Å². The fourth-order valence-electron chi connectivity index (χ4n) is 3.06. The van der Waals surface area contributed by atoms with Crippen molar-refractivity contribution in [1.29, 1.82) is 5.26 Å². The van der Waals surface area contributed by atoms with Gasteiger partial charge in [0.15, 0.2) is 0 Å². The number of aliphatic hydroxyl groups is 1. The van der Waals surface area contributed by atoms with Crippen LogP contribution < -0.4 is 15.2 Å². The summed E-state index contributed by atoms with van der Waals surface area (Å²) in [7, 11) is -3.77. The maximum atomic E-state index is 11.3. The Balaban J connectivity index is 1.82. The van der Waals surface area contributed by atoms with Crippen LogP contribution in [0.2, 0.25) is 0 Å². The van der Waals surface area contributed by atoms with Gasteiger partial charge in [0, 0.05) is 5.69 Å². The Morgan fingerprint density at radius 2 is 2.07 bits per heavy atom. The van der Waals surface area contributed by atoms with Gasteiger partial charge in [-0.2, -0.15) is 10.2 Å². The number of sulfonamides is 1. The van der Waals surface area contributed by atoms with E-state index < -0.39 is 21.7 Å². The van der Waals surface area contributed by atoms with Gasteiger partial charge in [0.2, 0.25) is 21.9 Å². The Morgan fingerprint density at radius 1 is 1.36 bits per heavy atom. The van der Waals surface area contributed by atoms with E-state index in [-0.39, 0.29) is 22.3 Å². The third-order valence-electron chi connectivity index (χ3n) is 4.66. The first-order chi connectivity index (χ1) is 13.2. The van der Waals surface area contributed by atoms with Crippen LogP contribution >= 0.6 is 0 Å². The smallest absolute Gasteiger partial charge is 0.238 e. The van der Waals surface area contributed by atoms with E-state index in [1.54, 1.807) is 6.92 Å². The van der Waals surface area contributed by atoms with Crippen LogP contribution in [-0.4, -0.2) is 35.2 Å². The number of rotatable bonds is 5. The summed E-state index contributed by atoms with van der Waals surface area (Å²) in [6.07, 6.45) is 4.00. The van der Waals surface area contributed by atoms with E-state index in [1.165, 1.54) is 30.5 Å². The standard InChI is InChI=1S/C18H21N5O4S/c1-18(24)9-3-2-4-15(18)27-16-12(10-19)11-21-17(23-16)22-13-5-7-14(8-6-13)28(20,25)26/h5-8,11,15,24H,2-4,9H2,1H3,(H2,20,25,26)(H,21,22,23). The quantitative estimate of drug-likeness (QED) is 0.683. The SMILES string of the molecule is CC1(O)CCCCC1Oc1nc(Nc2ccc(S(N)(=O)=O)cc2)ncc1C#N. The zero-order valence-corrected chi connectivity index (χ0v) is 16.1. The lowest BCUT2D eigenvalue weighted by molar-refractivity contribution is -0.0752. The van der Waals surface area contributed by atoms with Gasteiger partial charge in [-0.25, -0.2) is 18.5 Å². The minimum atomic E-state index is -3.77. The summed E-state index contributed by atoms with van der Waals surface area (Å²) < 4.78 is 28.5. The van der Waals surface area contributed by atoms with Crippen molar-refractivity contribution >= 4 is 21.7 Å². The van der Waals surface area contributed by atoms with Crippen molar-refractivity contribution in [2.45, 2.75) is 49.2 Å². The molecule has 1 fully saturated rings. The van der Waals surface area contributed by atoms with Crippen molar-refractivity contribution in [3.05, 3.63) is 36.0 Å². The Bertz CT molecular complexity index is 1000. The summed E-state index contributed by atoms with van der Waals surface area (Å²) in [4.78, 5) is 8.31. The number of hydrogen-bond donors (Lipinski definition) is 3. The average molecular weight is 403 g/mol. The van der Waals surface area contributed by atoms with Crippen molar-refractivity contribution in [2.24, 2.45) is 5.14 Å². The Morgan fingerprint density at radius 3 is 2.68 bits per heavy atom. The van der Waals surface area contributed by atoms with E-state index in [4.69, 9.17) is 9.88 Å². The molecule has 28 heavy (non-hydrogen) atoms. The molecule has 9 nitrogen and oxygen atoms in total. The van der Waals surface area contributed by atoms with E-state index in [1.807, 2.05) is 6.07 Å². The number of benzene rings is 1. The van der Waals surface area contributed by atoms with Gasteiger partial charge in [-0.1, -0.05) is 6.42 Å². The second-order valence-corrected chi connectivity index (χ2v) is 8.49. The molecule has 0 bridgehead atoms. The minimum absolute atomic E-state index is 0.0117. The Labute approximate surface area is 163 Å². The number of hydrogen-bond acceptors (Lipinski definition) is 8. The lowest BCUT2D eigenvalue weighted by atomic mass is 9.84. The fraction of sp³-hybridized carbons (Fsp3) is 0.389. The van der Waals surface area contributed by atoms with Crippen molar-refractivity contribution in [3.63, 3.8) is 0 Å². The van der Waals surface area contributed by atoms with Gasteiger partial charge in [0.25, 0.3) is 0 Å². The summed E-state index contributed by atoms with van der Waals surface area (Å²) >= 11 is 0. The van der Waals surface area contributed by atoms with Crippen LogP contribution in [0.15, 0.2) is 35.4 Å². The summed E-state index contributed by atoms with van der Waals surface area (Å²) in [5.74, 6) is 0.265. The highest BCUT2D eigenvalue weighted by Crippen LogP contribution is 2.32.